The zero-order chi connectivity index (χ0) is 26.6. The van der Waals surface area contributed by atoms with Gasteiger partial charge >= 0.3 is 0 Å². The summed E-state index contributed by atoms with van der Waals surface area (Å²) in [4.78, 5) is 25.8. The molecule has 12 nitrogen and oxygen atoms in total. The fraction of sp³-hybridized carbons (Fsp3) is 0.125. The van der Waals surface area contributed by atoms with Crippen LogP contribution in [-0.2, 0) is 14.8 Å². The molecule has 0 saturated carbocycles. The van der Waals surface area contributed by atoms with Crippen molar-refractivity contribution >= 4 is 43.9 Å². The van der Waals surface area contributed by atoms with Crippen molar-refractivity contribution < 1.29 is 28.0 Å². The SMILES string of the molecule is CCOc1ccc(S(=O)(=O)N(CC(=O)N=Nc2c(O)[nH]c3ccc([N+](=O)[O-])cc23)c2ccccc2)cc1. The minimum atomic E-state index is -4.19. The fourth-order valence-electron chi connectivity index (χ4n) is 3.54. The Labute approximate surface area is 211 Å². The number of azo groups is 1. The number of hydrogen-bond donors (Lipinski definition) is 2. The number of para-hydroxylation sites is 1. The maximum absolute atomic E-state index is 13.5. The molecule has 1 heterocycles. The van der Waals surface area contributed by atoms with Crippen molar-refractivity contribution in [2.75, 3.05) is 17.5 Å². The minimum absolute atomic E-state index is 0.0638. The van der Waals surface area contributed by atoms with Crippen LogP contribution in [0.3, 0.4) is 0 Å². The summed E-state index contributed by atoms with van der Waals surface area (Å²) in [6, 6.07) is 17.6. The number of fused-ring (bicyclic) bond motifs is 1. The highest BCUT2D eigenvalue weighted by Crippen LogP contribution is 2.37. The predicted molar refractivity (Wildman–Crippen MR) is 135 cm³/mol. The average molecular weight is 524 g/mol. The Morgan fingerprint density at radius 3 is 2.46 bits per heavy atom. The highest BCUT2D eigenvalue weighted by molar-refractivity contribution is 7.92. The van der Waals surface area contributed by atoms with Crippen LogP contribution in [0.4, 0.5) is 17.1 Å². The standard InChI is InChI=1S/C24H21N5O7S/c1-2-36-18-9-11-19(12-10-18)37(34,35)28(16-6-4-3-5-7-16)15-22(30)26-27-23-20-14-17(29(32)33)8-13-21(20)25-24(23)31/h3-14,25,31H,2,15H2,1H3. The van der Waals surface area contributed by atoms with Gasteiger partial charge in [-0.05, 0) is 49.4 Å². The maximum Gasteiger partial charge on any atom is 0.285 e. The van der Waals surface area contributed by atoms with Gasteiger partial charge in [0.15, 0.2) is 5.69 Å². The zero-order valence-electron chi connectivity index (χ0n) is 19.4. The molecule has 37 heavy (non-hydrogen) atoms. The van der Waals surface area contributed by atoms with E-state index in [9.17, 15) is 28.4 Å². The Balaban J connectivity index is 1.65. The molecule has 1 aromatic heterocycles. The van der Waals surface area contributed by atoms with Gasteiger partial charge < -0.3 is 14.8 Å². The van der Waals surface area contributed by atoms with E-state index >= 15 is 0 Å². The molecule has 0 aliphatic rings. The van der Waals surface area contributed by atoms with E-state index in [1.54, 1.807) is 25.1 Å². The molecule has 0 radical (unpaired) electrons. The molecule has 4 rings (SSSR count). The minimum Gasteiger partial charge on any atom is -0.494 e. The Morgan fingerprint density at radius 2 is 1.81 bits per heavy atom. The van der Waals surface area contributed by atoms with E-state index in [0.717, 1.165) is 4.31 Å². The van der Waals surface area contributed by atoms with Gasteiger partial charge in [0.05, 0.1) is 27.6 Å². The number of ether oxygens (including phenoxy) is 1. The van der Waals surface area contributed by atoms with E-state index in [2.05, 4.69) is 15.2 Å². The van der Waals surface area contributed by atoms with Gasteiger partial charge in [0, 0.05) is 17.5 Å². The third-order valence-corrected chi connectivity index (χ3v) is 7.04. The first-order valence-corrected chi connectivity index (χ1v) is 12.4. The van der Waals surface area contributed by atoms with Crippen molar-refractivity contribution in [1.29, 1.82) is 0 Å². The number of aromatic hydroxyl groups is 1. The second kappa shape index (κ2) is 10.5. The average Bonchev–Trinajstić information content (AvgIpc) is 3.21. The first-order valence-electron chi connectivity index (χ1n) is 10.9. The number of nitro benzene ring substituents is 1. The number of carbonyl (C=O) groups is 1. The monoisotopic (exact) mass is 523 g/mol. The van der Waals surface area contributed by atoms with Crippen LogP contribution in [0.15, 0.2) is 87.9 Å². The van der Waals surface area contributed by atoms with Gasteiger partial charge in [-0.2, -0.15) is 0 Å². The summed E-state index contributed by atoms with van der Waals surface area (Å²) in [6.45, 7) is 1.53. The van der Waals surface area contributed by atoms with E-state index in [1.807, 2.05) is 0 Å². The summed E-state index contributed by atoms with van der Waals surface area (Å²) < 4.78 is 33.2. The number of nitro groups is 1. The molecule has 0 spiro atoms. The van der Waals surface area contributed by atoms with Crippen LogP contribution in [0.25, 0.3) is 10.9 Å². The second-order valence-corrected chi connectivity index (χ2v) is 9.52. The molecular weight excluding hydrogens is 502 g/mol. The molecule has 0 aliphatic heterocycles. The Hall–Kier alpha value is -4.78. The maximum atomic E-state index is 13.5. The number of aromatic amines is 1. The molecular formula is C24H21N5O7S. The van der Waals surface area contributed by atoms with Crippen LogP contribution in [-0.4, -0.2) is 42.5 Å². The molecule has 2 N–H and O–H groups in total. The topological polar surface area (TPSA) is 168 Å². The molecule has 0 atom stereocenters. The van der Waals surface area contributed by atoms with E-state index in [-0.39, 0.29) is 27.3 Å². The molecule has 3 aromatic carbocycles. The van der Waals surface area contributed by atoms with Crippen molar-refractivity contribution in [2.45, 2.75) is 11.8 Å². The Kier molecular flexibility index (Phi) is 7.15. The van der Waals surface area contributed by atoms with Crippen LogP contribution in [0, 0.1) is 10.1 Å². The first kappa shape index (κ1) is 25.3. The number of nitrogens with one attached hydrogen (secondary N) is 1. The van der Waals surface area contributed by atoms with Crippen LogP contribution >= 0.6 is 0 Å². The smallest absolute Gasteiger partial charge is 0.285 e. The second-order valence-electron chi connectivity index (χ2n) is 7.65. The third kappa shape index (κ3) is 5.41. The third-order valence-electron chi connectivity index (χ3n) is 5.25. The number of benzene rings is 3. The van der Waals surface area contributed by atoms with Crippen LogP contribution < -0.4 is 9.04 Å². The lowest BCUT2D eigenvalue weighted by molar-refractivity contribution is -0.384. The van der Waals surface area contributed by atoms with Crippen molar-refractivity contribution in [3.8, 4) is 11.6 Å². The molecule has 4 aromatic rings. The number of non-ortho nitro benzene ring substituents is 1. The summed E-state index contributed by atoms with van der Waals surface area (Å²) in [6.07, 6.45) is 0. The van der Waals surface area contributed by atoms with Crippen molar-refractivity contribution in [3.05, 3.63) is 82.9 Å². The number of nitrogens with zero attached hydrogens (tertiary/aromatic N) is 4. The van der Waals surface area contributed by atoms with Crippen LogP contribution in [0.1, 0.15) is 6.92 Å². The molecule has 0 bridgehead atoms. The van der Waals surface area contributed by atoms with Gasteiger partial charge in [-0.25, -0.2) is 8.42 Å². The molecule has 190 valence electrons. The Morgan fingerprint density at radius 1 is 1.11 bits per heavy atom. The van der Waals surface area contributed by atoms with E-state index in [0.29, 0.717) is 17.9 Å². The Bertz CT molecular complexity index is 1580. The van der Waals surface area contributed by atoms with Gasteiger partial charge in [-0.15, -0.1) is 10.2 Å². The van der Waals surface area contributed by atoms with Crippen molar-refractivity contribution in [2.24, 2.45) is 10.2 Å². The molecule has 0 saturated heterocycles. The highest BCUT2D eigenvalue weighted by atomic mass is 32.2. The molecule has 0 aliphatic carbocycles. The van der Waals surface area contributed by atoms with Gasteiger partial charge in [-0.1, -0.05) is 18.2 Å². The zero-order valence-corrected chi connectivity index (χ0v) is 20.3. The number of aromatic nitrogens is 1. The number of amides is 1. The summed E-state index contributed by atoms with van der Waals surface area (Å²) in [5.41, 5.74) is 0.137. The van der Waals surface area contributed by atoms with Crippen molar-refractivity contribution in [1.82, 2.24) is 4.98 Å². The fourth-order valence-corrected chi connectivity index (χ4v) is 4.95. The molecule has 13 heteroatoms. The van der Waals surface area contributed by atoms with E-state index in [4.69, 9.17) is 4.74 Å². The molecule has 0 unspecified atom stereocenters. The van der Waals surface area contributed by atoms with Crippen molar-refractivity contribution in [3.63, 3.8) is 0 Å². The lowest BCUT2D eigenvalue weighted by atomic mass is 10.2. The summed E-state index contributed by atoms with van der Waals surface area (Å²) in [5.74, 6) is -0.886. The van der Waals surface area contributed by atoms with E-state index < -0.39 is 33.3 Å². The van der Waals surface area contributed by atoms with Gasteiger partial charge in [0.2, 0.25) is 5.88 Å². The number of H-pyrrole nitrogens is 1. The van der Waals surface area contributed by atoms with E-state index in [1.165, 1.54) is 54.6 Å². The summed E-state index contributed by atoms with van der Waals surface area (Å²) >= 11 is 0. The first-order chi connectivity index (χ1) is 17.7. The van der Waals surface area contributed by atoms with Gasteiger partial charge in [0.25, 0.3) is 21.6 Å². The number of sulfonamides is 1. The number of hydrogen-bond acceptors (Lipinski definition) is 8. The van der Waals surface area contributed by atoms with Crippen LogP contribution in [0.5, 0.6) is 11.6 Å². The van der Waals surface area contributed by atoms with Gasteiger partial charge in [-0.3, -0.25) is 19.2 Å². The number of anilines is 1. The molecule has 1 amide bonds. The van der Waals surface area contributed by atoms with Crippen LogP contribution in [0.2, 0.25) is 0 Å². The summed E-state index contributed by atoms with van der Waals surface area (Å²) in [7, 11) is -4.19. The number of rotatable bonds is 9. The largest absolute Gasteiger partial charge is 0.494 e. The normalized spacial score (nSPS) is 11.6. The lowest BCUT2D eigenvalue weighted by Crippen LogP contribution is -2.35. The number of carbonyl (C=O) groups excluding carboxylic acids is 1. The highest BCUT2D eigenvalue weighted by Gasteiger charge is 2.27. The lowest BCUT2D eigenvalue weighted by Gasteiger charge is -2.23. The molecule has 0 fully saturated rings. The summed E-state index contributed by atoms with van der Waals surface area (Å²) in [5, 5.41) is 28.8. The quantitative estimate of drug-likeness (QED) is 0.182. The predicted octanol–water partition coefficient (Wildman–Crippen LogP) is 4.69. The van der Waals surface area contributed by atoms with Gasteiger partial charge in [0.1, 0.15) is 12.3 Å².